The summed E-state index contributed by atoms with van der Waals surface area (Å²) in [5.74, 6) is 0.826. The molecule has 0 atom stereocenters. The monoisotopic (exact) mass is 189 g/mol. The molecule has 4 heteroatoms. The lowest BCUT2D eigenvalue weighted by atomic mass is 10.2. The summed E-state index contributed by atoms with van der Waals surface area (Å²) >= 11 is 0. The second kappa shape index (κ2) is 4.85. The van der Waals surface area contributed by atoms with Gasteiger partial charge in [0, 0.05) is 18.2 Å². The molecule has 68 valence electrons. The summed E-state index contributed by atoms with van der Waals surface area (Å²) in [5, 5.41) is 9.26. The van der Waals surface area contributed by atoms with Gasteiger partial charge in [-0.15, -0.1) is 12.4 Å². The van der Waals surface area contributed by atoms with E-state index in [1.807, 2.05) is 0 Å². The van der Waals surface area contributed by atoms with Crippen molar-refractivity contribution in [1.82, 2.24) is 0 Å². The average molecular weight is 190 g/mol. The molecule has 0 aliphatic carbocycles. The largest absolute Gasteiger partial charge is 0.507 e. The minimum Gasteiger partial charge on any atom is -0.507 e. The van der Waals surface area contributed by atoms with E-state index in [0.717, 1.165) is 5.56 Å². The Morgan fingerprint density at radius 3 is 2.58 bits per heavy atom. The Balaban J connectivity index is 0.00000121. The predicted octanol–water partition coefficient (Wildman–Crippen LogP) is 1.28. The van der Waals surface area contributed by atoms with Crippen LogP contribution >= 0.6 is 12.4 Å². The second-order valence-corrected chi connectivity index (χ2v) is 2.20. The van der Waals surface area contributed by atoms with E-state index >= 15 is 0 Å². The highest BCUT2D eigenvalue weighted by Crippen LogP contribution is 2.22. The van der Waals surface area contributed by atoms with Gasteiger partial charge in [-0.05, 0) is 6.07 Å². The third-order valence-corrected chi connectivity index (χ3v) is 1.51. The van der Waals surface area contributed by atoms with Gasteiger partial charge in [0.05, 0.1) is 7.11 Å². The van der Waals surface area contributed by atoms with Crippen LogP contribution in [0.3, 0.4) is 0 Å². The minimum absolute atomic E-state index is 0. The van der Waals surface area contributed by atoms with E-state index in [9.17, 15) is 5.11 Å². The first-order valence-electron chi connectivity index (χ1n) is 3.34. The molecule has 0 fully saturated rings. The van der Waals surface area contributed by atoms with Crippen LogP contribution in [0.2, 0.25) is 0 Å². The van der Waals surface area contributed by atoms with Crippen molar-refractivity contribution in [2.75, 3.05) is 7.11 Å². The Morgan fingerprint density at radius 2 is 2.17 bits per heavy atom. The van der Waals surface area contributed by atoms with Crippen molar-refractivity contribution in [3.8, 4) is 11.5 Å². The number of aromatic hydroxyl groups is 1. The fraction of sp³-hybridized carbons (Fsp3) is 0.250. The van der Waals surface area contributed by atoms with E-state index in [0.29, 0.717) is 12.3 Å². The van der Waals surface area contributed by atoms with Crippen LogP contribution in [0.1, 0.15) is 5.56 Å². The lowest BCUT2D eigenvalue weighted by Gasteiger charge is -2.03. The van der Waals surface area contributed by atoms with Crippen LogP contribution in [0.15, 0.2) is 18.2 Å². The maximum absolute atomic E-state index is 9.26. The van der Waals surface area contributed by atoms with Gasteiger partial charge in [-0.25, -0.2) is 0 Å². The number of hydrogen-bond acceptors (Lipinski definition) is 3. The van der Waals surface area contributed by atoms with Crippen LogP contribution < -0.4 is 10.5 Å². The number of phenolic OH excluding ortho intramolecular Hbond substituents is 1. The van der Waals surface area contributed by atoms with Crippen molar-refractivity contribution in [3.05, 3.63) is 23.8 Å². The fourth-order valence-corrected chi connectivity index (χ4v) is 0.843. The molecule has 0 aromatic heterocycles. The van der Waals surface area contributed by atoms with Gasteiger partial charge in [-0.2, -0.15) is 0 Å². The molecule has 0 spiro atoms. The van der Waals surface area contributed by atoms with Gasteiger partial charge < -0.3 is 15.6 Å². The molecule has 1 rings (SSSR count). The Bertz CT molecular complexity index is 253. The molecule has 0 radical (unpaired) electrons. The zero-order valence-corrected chi connectivity index (χ0v) is 7.60. The summed E-state index contributed by atoms with van der Waals surface area (Å²) in [4.78, 5) is 0. The Hall–Kier alpha value is -0.930. The van der Waals surface area contributed by atoms with Gasteiger partial charge >= 0.3 is 0 Å². The summed E-state index contributed by atoms with van der Waals surface area (Å²) in [5.41, 5.74) is 6.07. The molecule has 0 heterocycles. The molecule has 3 N–H and O–H groups in total. The maximum atomic E-state index is 9.26. The molecule has 3 nitrogen and oxygen atoms in total. The summed E-state index contributed by atoms with van der Waals surface area (Å²) in [6.45, 7) is 0.343. The number of phenols is 1. The molecule has 1 aromatic rings. The third kappa shape index (κ3) is 2.29. The van der Waals surface area contributed by atoms with Gasteiger partial charge in [-0.3, -0.25) is 0 Å². The maximum Gasteiger partial charge on any atom is 0.123 e. The summed E-state index contributed by atoms with van der Waals surface area (Å²) in [6, 6.07) is 5.05. The standard InChI is InChI=1S/C8H11NO2.ClH/c1-11-7-3-2-6(5-9)8(10)4-7;/h2-4,10H,5,9H2,1H3;1H. The molecular formula is C8H12ClNO2. The van der Waals surface area contributed by atoms with Crippen LogP contribution in [-0.4, -0.2) is 12.2 Å². The van der Waals surface area contributed by atoms with Gasteiger partial charge in [-0.1, -0.05) is 6.07 Å². The molecule has 0 aliphatic rings. The number of methoxy groups -OCH3 is 1. The molecule has 0 saturated heterocycles. The summed E-state index contributed by atoms with van der Waals surface area (Å²) in [6.07, 6.45) is 0. The zero-order chi connectivity index (χ0) is 8.27. The highest BCUT2D eigenvalue weighted by atomic mass is 35.5. The van der Waals surface area contributed by atoms with E-state index in [1.54, 1.807) is 25.3 Å². The van der Waals surface area contributed by atoms with Crippen molar-refractivity contribution in [1.29, 1.82) is 0 Å². The average Bonchev–Trinajstić information content (AvgIpc) is 2.04. The Morgan fingerprint density at radius 1 is 1.50 bits per heavy atom. The number of nitrogens with two attached hydrogens (primary N) is 1. The van der Waals surface area contributed by atoms with E-state index < -0.39 is 0 Å². The normalized spacial score (nSPS) is 8.83. The first-order valence-corrected chi connectivity index (χ1v) is 3.34. The lowest BCUT2D eigenvalue weighted by Crippen LogP contribution is -1.96. The lowest BCUT2D eigenvalue weighted by molar-refractivity contribution is 0.406. The van der Waals surface area contributed by atoms with E-state index in [-0.39, 0.29) is 18.2 Å². The second-order valence-electron chi connectivity index (χ2n) is 2.20. The number of ether oxygens (including phenoxy) is 1. The van der Waals surface area contributed by atoms with E-state index in [4.69, 9.17) is 10.5 Å². The van der Waals surface area contributed by atoms with E-state index in [1.165, 1.54) is 0 Å². The molecule has 1 aromatic carbocycles. The van der Waals surface area contributed by atoms with Crippen LogP contribution in [0.4, 0.5) is 0 Å². The van der Waals surface area contributed by atoms with Crippen molar-refractivity contribution < 1.29 is 9.84 Å². The van der Waals surface area contributed by atoms with Crippen LogP contribution in [0.25, 0.3) is 0 Å². The van der Waals surface area contributed by atoms with Crippen molar-refractivity contribution >= 4 is 12.4 Å². The topological polar surface area (TPSA) is 55.5 Å². The summed E-state index contributed by atoms with van der Waals surface area (Å²) < 4.78 is 4.89. The SMILES string of the molecule is COc1ccc(CN)c(O)c1.Cl. The van der Waals surface area contributed by atoms with Crippen LogP contribution in [0.5, 0.6) is 11.5 Å². The highest BCUT2D eigenvalue weighted by molar-refractivity contribution is 5.85. The van der Waals surface area contributed by atoms with Crippen molar-refractivity contribution in [3.63, 3.8) is 0 Å². The number of benzene rings is 1. The molecule has 0 aliphatic heterocycles. The van der Waals surface area contributed by atoms with Crippen molar-refractivity contribution in [2.24, 2.45) is 5.73 Å². The number of rotatable bonds is 2. The minimum atomic E-state index is 0. The zero-order valence-electron chi connectivity index (χ0n) is 6.78. The van der Waals surface area contributed by atoms with Gasteiger partial charge in [0.15, 0.2) is 0 Å². The molecule has 0 unspecified atom stereocenters. The van der Waals surface area contributed by atoms with Gasteiger partial charge in [0.1, 0.15) is 11.5 Å². The Labute approximate surface area is 77.6 Å². The third-order valence-electron chi connectivity index (χ3n) is 1.51. The molecule has 0 bridgehead atoms. The first-order chi connectivity index (χ1) is 5.27. The predicted molar refractivity (Wildman–Crippen MR) is 49.8 cm³/mol. The molecule has 0 amide bonds. The van der Waals surface area contributed by atoms with Gasteiger partial charge in [0.25, 0.3) is 0 Å². The number of halogens is 1. The quantitative estimate of drug-likeness (QED) is 0.737. The highest BCUT2D eigenvalue weighted by Gasteiger charge is 1.99. The van der Waals surface area contributed by atoms with Crippen LogP contribution in [0, 0.1) is 0 Å². The van der Waals surface area contributed by atoms with Crippen molar-refractivity contribution in [2.45, 2.75) is 6.54 Å². The van der Waals surface area contributed by atoms with E-state index in [2.05, 4.69) is 0 Å². The smallest absolute Gasteiger partial charge is 0.123 e. The Kier molecular flexibility index (Phi) is 4.47. The first kappa shape index (κ1) is 11.1. The molecule has 0 saturated carbocycles. The fourth-order valence-electron chi connectivity index (χ4n) is 0.843. The van der Waals surface area contributed by atoms with Gasteiger partial charge in [0.2, 0.25) is 0 Å². The molecule has 12 heavy (non-hydrogen) atoms. The summed E-state index contributed by atoms with van der Waals surface area (Å²) in [7, 11) is 1.55. The molecular weight excluding hydrogens is 178 g/mol. The van der Waals surface area contributed by atoms with Crippen LogP contribution in [-0.2, 0) is 6.54 Å². The number of hydrogen-bond donors (Lipinski definition) is 2.